The molecule has 0 heterocycles. The van der Waals surface area contributed by atoms with E-state index in [1.165, 1.54) is 0 Å². The molecule has 1 rings (SSSR count). The summed E-state index contributed by atoms with van der Waals surface area (Å²) in [6, 6.07) is 3.19. The van der Waals surface area contributed by atoms with Crippen LogP contribution in [0.4, 0.5) is 13.2 Å². The summed E-state index contributed by atoms with van der Waals surface area (Å²) in [7, 11) is 0. The van der Waals surface area contributed by atoms with Gasteiger partial charge in [-0.2, -0.15) is 0 Å². The molecule has 0 atom stereocenters. The van der Waals surface area contributed by atoms with Crippen LogP contribution < -0.4 is 0 Å². The van der Waals surface area contributed by atoms with Gasteiger partial charge in [0, 0.05) is 18.7 Å². The molecule has 106 valence electrons. The first-order valence-corrected chi connectivity index (χ1v) is 5.57. The van der Waals surface area contributed by atoms with Crippen LogP contribution in [-0.4, -0.2) is 47.2 Å². The molecule has 7 heteroatoms. The van der Waals surface area contributed by atoms with Crippen molar-refractivity contribution in [3.05, 3.63) is 35.1 Å². The summed E-state index contributed by atoms with van der Waals surface area (Å²) in [5, 5.41) is 17.6. The van der Waals surface area contributed by atoms with E-state index in [-0.39, 0.29) is 30.8 Å². The molecule has 19 heavy (non-hydrogen) atoms. The third kappa shape index (κ3) is 4.88. The first kappa shape index (κ1) is 15.5. The zero-order chi connectivity index (χ0) is 14.4. The van der Waals surface area contributed by atoms with Gasteiger partial charge < -0.3 is 10.2 Å². The molecule has 1 aromatic carbocycles. The number of carbonyl (C=O) groups is 1. The average molecular weight is 277 g/mol. The van der Waals surface area contributed by atoms with Crippen molar-refractivity contribution in [2.45, 2.75) is 13.0 Å². The number of benzene rings is 1. The first-order valence-electron chi connectivity index (χ1n) is 5.57. The Labute approximate surface area is 108 Å². The summed E-state index contributed by atoms with van der Waals surface area (Å²) in [6.07, 6.45) is -2.61. The Hall–Kier alpha value is -1.60. The van der Waals surface area contributed by atoms with Crippen molar-refractivity contribution in [3.8, 4) is 0 Å². The van der Waals surface area contributed by atoms with E-state index >= 15 is 0 Å². The molecule has 4 nitrogen and oxygen atoms in total. The predicted molar refractivity (Wildman–Crippen MR) is 61.7 cm³/mol. The molecular weight excluding hydrogens is 263 g/mol. The van der Waals surface area contributed by atoms with E-state index in [0.29, 0.717) is 0 Å². The number of aliphatic hydroxyl groups excluding tert-OH is 1. The van der Waals surface area contributed by atoms with E-state index in [1.807, 2.05) is 0 Å². The first-order chi connectivity index (χ1) is 8.93. The highest BCUT2D eigenvalue weighted by Crippen LogP contribution is 2.14. The molecule has 0 aliphatic rings. The zero-order valence-electron chi connectivity index (χ0n) is 10.0. The maximum atomic E-state index is 13.5. The molecule has 0 aliphatic heterocycles. The Balaban J connectivity index is 2.88. The molecule has 2 N–H and O–H groups in total. The van der Waals surface area contributed by atoms with E-state index in [9.17, 15) is 18.0 Å². The number of carboxylic acids is 1. The number of hydrogen-bond acceptors (Lipinski definition) is 3. The molecule has 0 aromatic heterocycles. The fourth-order valence-electron chi connectivity index (χ4n) is 1.64. The number of halogens is 3. The van der Waals surface area contributed by atoms with E-state index in [4.69, 9.17) is 10.2 Å². The number of nitrogens with zero attached hydrogens (tertiary/aromatic N) is 1. The second-order valence-corrected chi connectivity index (χ2v) is 3.96. The van der Waals surface area contributed by atoms with Crippen LogP contribution in [-0.2, 0) is 6.54 Å². The van der Waals surface area contributed by atoms with Crippen LogP contribution in [0, 0.1) is 5.82 Å². The lowest BCUT2D eigenvalue weighted by molar-refractivity contribution is 0.0690. The zero-order valence-corrected chi connectivity index (χ0v) is 10.0. The van der Waals surface area contributed by atoms with Gasteiger partial charge in [-0.1, -0.05) is 0 Å². The average Bonchev–Trinajstić information content (AvgIpc) is 2.31. The minimum atomic E-state index is -2.61. The smallest absolute Gasteiger partial charge is 0.335 e. The number of alkyl halides is 2. The number of carboxylic acid groups (broad SMARTS) is 1. The van der Waals surface area contributed by atoms with Crippen molar-refractivity contribution in [1.82, 2.24) is 4.90 Å². The van der Waals surface area contributed by atoms with E-state index in [1.54, 1.807) is 0 Å². The predicted octanol–water partition coefficient (Wildman–Crippen LogP) is 1.58. The van der Waals surface area contributed by atoms with Gasteiger partial charge in [0.1, 0.15) is 5.82 Å². The molecule has 0 fully saturated rings. The monoisotopic (exact) mass is 277 g/mol. The van der Waals surface area contributed by atoms with E-state index in [0.717, 1.165) is 23.1 Å². The molecule has 0 spiro atoms. The van der Waals surface area contributed by atoms with Gasteiger partial charge in [0.25, 0.3) is 6.43 Å². The Kier molecular flexibility index (Phi) is 5.78. The molecule has 0 aliphatic carbocycles. The van der Waals surface area contributed by atoms with Crippen LogP contribution in [0.5, 0.6) is 0 Å². The van der Waals surface area contributed by atoms with Gasteiger partial charge in [0.15, 0.2) is 0 Å². The van der Waals surface area contributed by atoms with E-state index in [2.05, 4.69) is 0 Å². The topological polar surface area (TPSA) is 60.8 Å². The van der Waals surface area contributed by atoms with Crippen molar-refractivity contribution >= 4 is 5.97 Å². The molecule has 0 unspecified atom stereocenters. The Morgan fingerprint density at radius 1 is 1.37 bits per heavy atom. The summed E-state index contributed by atoms with van der Waals surface area (Å²) >= 11 is 0. The summed E-state index contributed by atoms with van der Waals surface area (Å²) in [5.41, 5.74) is -0.105. The van der Waals surface area contributed by atoms with Crippen LogP contribution in [0.25, 0.3) is 0 Å². The number of hydrogen-bond donors (Lipinski definition) is 2. The van der Waals surface area contributed by atoms with Crippen LogP contribution in [0.3, 0.4) is 0 Å². The molecular formula is C12H14F3NO3. The lowest BCUT2D eigenvalue weighted by atomic mass is 10.1. The third-order valence-corrected chi connectivity index (χ3v) is 2.50. The lowest BCUT2D eigenvalue weighted by Crippen LogP contribution is -2.31. The molecule has 1 aromatic rings. The van der Waals surface area contributed by atoms with Crippen molar-refractivity contribution in [3.63, 3.8) is 0 Å². The van der Waals surface area contributed by atoms with Crippen molar-refractivity contribution in [2.75, 3.05) is 19.7 Å². The normalized spacial score (nSPS) is 11.3. The molecule has 0 bridgehead atoms. The maximum Gasteiger partial charge on any atom is 0.335 e. The maximum absolute atomic E-state index is 13.5. The molecule has 0 saturated heterocycles. The molecule has 0 radical (unpaired) electrons. The molecule has 0 saturated carbocycles. The van der Waals surface area contributed by atoms with Crippen molar-refractivity contribution < 1.29 is 28.2 Å². The van der Waals surface area contributed by atoms with Crippen LogP contribution in [0.15, 0.2) is 18.2 Å². The van der Waals surface area contributed by atoms with Gasteiger partial charge >= 0.3 is 5.97 Å². The SMILES string of the molecule is O=C(O)c1ccc(F)c(CN(CCO)CC(F)F)c1. The molecule has 0 amide bonds. The van der Waals surface area contributed by atoms with Gasteiger partial charge in [-0.25, -0.2) is 18.0 Å². The summed E-state index contributed by atoms with van der Waals surface area (Å²) in [6.45, 7) is -1.18. The number of aromatic carboxylic acids is 1. The minimum Gasteiger partial charge on any atom is -0.478 e. The summed E-state index contributed by atoms with van der Waals surface area (Å²) in [4.78, 5) is 11.9. The number of rotatable bonds is 7. The Morgan fingerprint density at radius 2 is 2.05 bits per heavy atom. The van der Waals surface area contributed by atoms with Gasteiger partial charge in [-0.3, -0.25) is 4.90 Å². The van der Waals surface area contributed by atoms with Gasteiger partial charge in [0.05, 0.1) is 18.7 Å². The van der Waals surface area contributed by atoms with Gasteiger partial charge in [-0.05, 0) is 18.2 Å². The summed E-state index contributed by atoms with van der Waals surface area (Å²) < 4.78 is 38.1. The lowest BCUT2D eigenvalue weighted by Gasteiger charge is -2.21. The van der Waals surface area contributed by atoms with Crippen LogP contribution in [0.2, 0.25) is 0 Å². The van der Waals surface area contributed by atoms with Gasteiger partial charge in [-0.15, -0.1) is 0 Å². The Morgan fingerprint density at radius 3 is 2.58 bits per heavy atom. The highest BCUT2D eigenvalue weighted by molar-refractivity contribution is 5.87. The fourth-order valence-corrected chi connectivity index (χ4v) is 1.64. The standard InChI is InChI=1S/C12H14F3NO3/c13-10-2-1-8(12(18)19)5-9(10)6-16(3-4-17)7-11(14)15/h1-2,5,11,17H,3-4,6-7H2,(H,18,19). The van der Waals surface area contributed by atoms with Crippen LogP contribution >= 0.6 is 0 Å². The minimum absolute atomic E-state index is 0.00833. The fraction of sp³-hybridized carbons (Fsp3) is 0.417. The Bertz CT molecular complexity index is 440. The van der Waals surface area contributed by atoms with E-state index < -0.39 is 24.8 Å². The van der Waals surface area contributed by atoms with Crippen molar-refractivity contribution in [1.29, 1.82) is 0 Å². The third-order valence-electron chi connectivity index (χ3n) is 2.50. The van der Waals surface area contributed by atoms with Crippen molar-refractivity contribution in [2.24, 2.45) is 0 Å². The highest BCUT2D eigenvalue weighted by Gasteiger charge is 2.15. The van der Waals surface area contributed by atoms with Crippen LogP contribution in [0.1, 0.15) is 15.9 Å². The van der Waals surface area contributed by atoms with Gasteiger partial charge in [0.2, 0.25) is 0 Å². The number of aliphatic hydroxyl groups is 1. The second-order valence-electron chi connectivity index (χ2n) is 3.96. The highest BCUT2D eigenvalue weighted by atomic mass is 19.3. The quantitative estimate of drug-likeness (QED) is 0.794. The largest absolute Gasteiger partial charge is 0.478 e. The summed E-state index contributed by atoms with van der Waals surface area (Å²) in [5.74, 6) is -1.88. The second kappa shape index (κ2) is 7.10.